The van der Waals surface area contributed by atoms with Crippen LogP contribution in [-0.4, -0.2) is 19.2 Å². The molecule has 0 N–H and O–H groups in total. The minimum atomic E-state index is -0.382. The first-order valence-corrected chi connectivity index (χ1v) is 7.97. The SMILES string of the molecule is C=CC(=O)OCCCCCOc1ccc(-c2ccc(F)cc2)cc1. The number of hydrogen-bond acceptors (Lipinski definition) is 3. The lowest BCUT2D eigenvalue weighted by atomic mass is 10.1. The Morgan fingerprint density at radius 2 is 1.50 bits per heavy atom. The summed E-state index contributed by atoms with van der Waals surface area (Å²) in [5.74, 6) is 0.185. The molecule has 0 saturated carbocycles. The minimum absolute atomic E-state index is 0.238. The van der Waals surface area contributed by atoms with Crippen LogP contribution in [0.3, 0.4) is 0 Å². The first-order valence-electron chi connectivity index (χ1n) is 7.97. The fraction of sp³-hybridized carbons (Fsp3) is 0.250. The summed E-state index contributed by atoms with van der Waals surface area (Å²) < 4.78 is 23.5. The Hall–Kier alpha value is -2.62. The molecule has 24 heavy (non-hydrogen) atoms. The lowest BCUT2D eigenvalue weighted by Crippen LogP contribution is -2.03. The lowest BCUT2D eigenvalue weighted by Gasteiger charge is -2.08. The Balaban J connectivity index is 1.68. The third-order valence-electron chi connectivity index (χ3n) is 3.50. The van der Waals surface area contributed by atoms with E-state index in [1.807, 2.05) is 24.3 Å². The van der Waals surface area contributed by atoms with Gasteiger partial charge < -0.3 is 9.47 Å². The van der Waals surface area contributed by atoms with Crippen molar-refractivity contribution in [1.82, 2.24) is 0 Å². The van der Waals surface area contributed by atoms with Crippen LogP contribution in [0.25, 0.3) is 11.1 Å². The summed E-state index contributed by atoms with van der Waals surface area (Å²) in [6, 6.07) is 14.1. The largest absolute Gasteiger partial charge is 0.494 e. The number of carbonyl (C=O) groups excluding carboxylic acids is 1. The summed E-state index contributed by atoms with van der Waals surface area (Å²) in [6.45, 7) is 4.37. The highest BCUT2D eigenvalue weighted by atomic mass is 19.1. The molecule has 0 aliphatic heterocycles. The summed E-state index contributed by atoms with van der Waals surface area (Å²) in [5.41, 5.74) is 1.99. The third kappa shape index (κ3) is 5.88. The lowest BCUT2D eigenvalue weighted by molar-refractivity contribution is -0.137. The van der Waals surface area contributed by atoms with E-state index in [0.29, 0.717) is 13.2 Å². The van der Waals surface area contributed by atoms with Gasteiger partial charge in [0.05, 0.1) is 13.2 Å². The first-order chi connectivity index (χ1) is 11.7. The van der Waals surface area contributed by atoms with Gasteiger partial charge in [-0.05, 0) is 54.7 Å². The van der Waals surface area contributed by atoms with Gasteiger partial charge in [-0.25, -0.2) is 9.18 Å². The number of unbranched alkanes of at least 4 members (excludes halogenated alkanes) is 2. The summed E-state index contributed by atoms with van der Waals surface area (Å²) >= 11 is 0. The fourth-order valence-corrected chi connectivity index (χ4v) is 2.19. The molecule has 0 heterocycles. The van der Waals surface area contributed by atoms with Gasteiger partial charge in [-0.2, -0.15) is 0 Å². The second-order valence-corrected chi connectivity index (χ2v) is 5.31. The van der Waals surface area contributed by atoms with Crippen LogP contribution in [0, 0.1) is 5.82 Å². The highest BCUT2D eigenvalue weighted by Gasteiger charge is 2.00. The first kappa shape index (κ1) is 17.7. The molecular weight excluding hydrogens is 307 g/mol. The molecule has 0 unspecified atom stereocenters. The van der Waals surface area contributed by atoms with E-state index in [1.165, 1.54) is 18.2 Å². The predicted octanol–water partition coefficient (Wildman–Crippen LogP) is 4.77. The maximum absolute atomic E-state index is 12.9. The van der Waals surface area contributed by atoms with Crippen LogP contribution >= 0.6 is 0 Å². The van der Waals surface area contributed by atoms with Crippen LogP contribution in [0.2, 0.25) is 0 Å². The van der Waals surface area contributed by atoms with E-state index in [0.717, 1.165) is 36.1 Å². The molecule has 2 rings (SSSR count). The maximum atomic E-state index is 12.9. The van der Waals surface area contributed by atoms with Crippen molar-refractivity contribution in [2.24, 2.45) is 0 Å². The van der Waals surface area contributed by atoms with Crippen molar-refractivity contribution in [2.75, 3.05) is 13.2 Å². The molecule has 0 fully saturated rings. The van der Waals surface area contributed by atoms with Crippen LogP contribution in [0.4, 0.5) is 4.39 Å². The van der Waals surface area contributed by atoms with Gasteiger partial charge in [-0.15, -0.1) is 0 Å². The molecule has 2 aromatic carbocycles. The average Bonchev–Trinajstić information content (AvgIpc) is 2.62. The van der Waals surface area contributed by atoms with Crippen molar-refractivity contribution in [1.29, 1.82) is 0 Å². The Labute approximate surface area is 141 Å². The van der Waals surface area contributed by atoms with Gasteiger partial charge in [0, 0.05) is 6.08 Å². The molecular formula is C20H21FO3. The molecule has 126 valence electrons. The minimum Gasteiger partial charge on any atom is -0.494 e. The van der Waals surface area contributed by atoms with Crippen molar-refractivity contribution >= 4 is 5.97 Å². The van der Waals surface area contributed by atoms with Crippen molar-refractivity contribution in [3.63, 3.8) is 0 Å². The van der Waals surface area contributed by atoms with Gasteiger partial charge in [-0.1, -0.05) is 30.8 Å². The Morgan fingerprint density at radius 1 is 0.917 bits per heavy atom. The number of halogens is 1. The highest BCUT2D eigenvalue weighted by molar-refractivity contribution is 5.81. The van der Waals surface area contributed by atoms with E-state index >= 15 is 0 Å². The van der Waals surface area contributed by atoms with Gasteiger partial charge in [-0.3, -0.25) is 0 Å². The molecule has 4 heteroatoms. The predicted molar refractivity (Wildman–Crippen MR) is 92.3 cm³/mol. The monoisotopic (exact) mass is 328 g/mol. The summed E-state index contributed by atoms with van der Waals surface area (Å²) in [4.78, 5) is 10.8. The van der Waals surface area contributed by atoms with Crippen molar-refractivity contribution in [3.05, 3.63) is 67.0 Å². The van der Waals surface area contributed by atoms with Gasteiger partial charge in [0.1, 0.15) is 11.6 Å². The Morgan fingerprint density at radius 3 is 2.12 bits per heavy atom. The molecule has 0 aromatic heterocycles. The number of esters is 1. The molecule has 0 amide bonds. The molecule has 2 aromatic rings. The zero-order valence-electron chi connectivity index (χ0n) is 13.5. The van der Waals surface area contributed by atoms with Crippen LogP contribution in [0.15, 0.2) is 61.2 Å². The third-order valence-corrected chi connectivity index (χ3v) is 3.50. The number of benzene rings is 2. The van der Waals surface area contributed by atoms with Gasteiger partial charge in [0.25, 0.3) is 0 Å². The molecule has 0 spiro atoms. The topological polar surface area (TPSA) is 35.5 Å². The highest BCUT2D eigenvalue weighted by Crippen LogP contribution is 2.22. The van der Waals surface area contributed by atoms with Crippen molar-refractivity contribution < 1.29 is 18.7 Å². The molecule has 0 aliphatic carbocycles. The zero-order valence-corrected chi connectivity index (χ0v) is 13.5. The molecule has 0 bridgehead atoms. The van der Waals surface area contributed by atoms with E-state index in [-0.39, 0.29) is 11.8 Å². The van der Waals surface area contributed by atoms with E-state index < -0.39 is 0 Å². The maximum Gasteiger partial charge on any atom is 0.330 e. The van der Waals surface area contributed by atoms with Crippen molar-refractivity contribution in [3.8, 4) is 16.9 Å². The number of ether oxygens (including phenoxy) is 2. The number of hydrogen-bond donors (Lipinski definition) is 0. The summed E-state index contributed by atoms with van der Waals surface area (Å²) in [6.07, 6.45) is 3.80. The van der Waals surface area contributed by atoms with E-state index in [2.05, 4.69) is 6.58 Å². The van der Waals surface area contributed by atoms with E-state index in [4.69, 9.17) is 9.47 Å². The molecule has 0 radical (unpaired) electrons. The standard InChI is InChI=1S/C20H21FO3/c1-2-20(22)24-15-5-3-4-14-23-19-12-8-17(9-13-19)16-6-10-18(21)11-7-16/h2,6-13H,1,3-5,14-15H2. The zero-order chi connectivity index (χ0) is 17.2. The second kappa shape index (κ2) is 9.50. The van der Waals surface area contributed by atoms with Crippen molar-refractivity contribution in [2.45, 2.75) is 19.3 Å². The number of carbonyl (C=O) groups is 1. The molecule has 0 atom stereocenters. The van der Waals surface area contributed by atoms with Gasteiger partial charge in [0.15, 0.2) is 0 Å². The Bertz CT molecular complexity index is 648. The smallest absolute Gasteiger partial charge is 0.330 e. The van der Waals surface area contributed by atoms with Gasteiger partial charge in [0.2, 0.25) is 0 Å². The normalized spacial score (nSPS) is 10.2. The quantitative estimate of drug-likeness (QED) is 0.378. The van der Waals surface area contributed by atoms with Crippen LogP contribution < -0.4 is 4.74 Å². The van der Waals surface area contributed by atoms with E-state index in [1.54, 1.807) is 12.1 Å². The molecule has 0 saturated heterocycles. The summed E-state index contributed by atoms with van der Waals surface area (Å²) in [5, 5.41) is 0. The average molecular weight is 328 g/mol. The molecule has 0 aliphatic rings. The van der Waals surface area contributed by atoms with Crippen LogP contribution in [0.5, 0.6) is 5.75 Å². The second-order valence-electron chi connectivity index (χ2n) is 5.31. The van der Waals surface area contributed by atoms with Crippen LogP contribution in [-0.2, 0) is 9.53 Å². The Kier molecular flexibility index (Phi) is 7.02. The fourth-order valence-electron chi connectivity index (χ4n) is 2.19. The summed E-state index contributed by atoms with van der Waals surface area (Å²) in [7, 11) is 0. The van der Waals surface area contributed by atoms with Gasteiger partial charge >= 0.3 is 5.97 Å². The number of rotatable bonds is 9. The molecule has 3 nitrogen and oxygen atoms in total. The van der Waals surface area contributed by atoms with Crippen LogP contribution in [0.1, 0.15) is 19.3 Å². The van der Waals surface area contributed by atoms with E-state index in [9.17, 15) is 9.18 Å².